The molecule has 0 unspecified atom stereocenters. The maximum Gasteiger partial charge on any atom is 0.257 e. The summed E-state index contributed by atoms with van der Waals surface area (Å²) in [6, 6.07) is 10.7. The second-order valence-electron chi connectivity index (χ2n) is 9.29. The molecule has 2 aliphatic heterocycles. The first-order chi connectivity index (χ1) is 16.1. The third-order valence-electron chi connectivity index (χ3n) is 7.01. The Morgan fingerprint density at radius 3 is 2.76 bits per heavy atom. The molecule has 0 radical (unpaired) electrons. The number of nitrogens with zero attached hydrogens (tertiary/aromatic N) is 5. The zero-order chi connectivity index (χ0) is 22.8. The minimum Gasteiger partial charge on any atom is -0.356 e. The van der Waals surface area contributed by atoms with Crippen molar-refractivity contribution in [2.75, 3.05) is 31.1 Å². The number of benzene rings is 1. The normalized spacial score (nSPS) is 18.3. The average molecular weight is 445 g/mol. The summed E-state index contributed by atoms with van der Waals surface area (Å²) in [6.45, 7) is 7.43. The largest absolute Gasteiger partial charge is 0.356 e. The maximum absolute atomic E-state index is 13.0. The fourth-order valence-electron chi connectivity index (χ4n) is 5.13. The Morgan fingerprint density at radius 1 is 1.12 bits per heavy atom. The Morgan fingerprint density at radius 2 is 1.97 bits per heavy atom. The number of nitrogens with one attached hydrogen (secondary N) is 1. The fraction of sp³-hybridized carbons (Fsp3) is 0.462. The van der Waals surface area contributed by atoms with Gasteiger partial charge in [0.25, 0.3) is 5.91 Å². The van der Waals surface area contributed by atoms with E-state index in [1.165, 1.54) is 11.1 Å². The van der Waals surface area contributed by atoms with Crippen LogP contribution in [-0.4, -0.2) is 57.2 Å². The maximum atomic E-state index is 13.0. The van der Waals surface area contributed by atoms with E-state index in [1.54, 1.807) is 6.20 Å². The molecule has 0 bridgehead atoms. The van der Waals surface area contributed by atoms with Gasteiger partial charge in [-0.2, -0.15) is 5.10 Å². The SMILES string of the molecule is Cc1nc([C@H]2CCCN(C(=O)c3cn[nH]c3C)C2)nc2c1CCCN2CCc1ccccc1. The number of H-pyrrole nitrogens is 1. The second-order valence-corrected chi connectivity index (χ2v) is 9.29. The summed E-state index contributed by atoms with van der Waals surface area (Å²) in [5.41, 5.74) is 5.21. The van der Waals surface area contributed by atoms with Crippen LogP contribution in [0.25, 0.3) is 0 Å². The number of piperidine rings is 1. The van der Waals surface area contributed by atoms with Crippen LogP contribution < -0.4 is 4.90 Å². The van der Waals surface area contributed by atoms with Crippen molar-refractivity contribution in [1.82, 2.24) is 25.1 Å². The van der Waals surface area contributed by atoms with E-state index in [4.69, 9.17) is 9.97 Å². The van der Waals surface area contributed by atoms with E-state index < -0.39 is 0 Å². The van der Waals surface area contributed by atoms with Crippen LogP contribution in [-0.2, 0) is 12.8 Å². The molecule has 1 atom stereocenters. The highest BCUT2D eigenvalue weighted by molar-refractivity contribution is 5.95. The summed E-state index contributed by atoms with van der Waals surface area (Å²) in [7, 11) is 0. The van der Waals surface area contributed by atoms with Crippen molar-refractivity contribution in [1.29, 1.82) is 0 Å². The third kappa shape index (κ3) is 4.49. The minimum absolute atomic E-state index is 0.0464. The van der Waals surface area contributed by atoms with Crippen molar-refractivity contribution in [2.45, 2.75) is 51.9 Å². The van der Waals surface area contributed by atoms with Crippen LogP contribution in [0, 0.1) is 13.8 Å². The Kier molecular flexibility index (Phi) is 6.11. The summed E-state index contributed by atoms with van der Waals surface area (Å²) < 4.78 is 0. The monoisotopic (exact) mass is 444 g/mol. The molecule has 0 saturated carbocycles. The Labute approximate surface area is 195 Å². The van der Waals surface area contributed by atoms with E-state index in [0.717, 1.165) is 74.8 Å². The molecular formula is C26H32N6O. The van der Waals surface area contributed by atoms with Crippen molar-refractivity contribution < 1.29 is 4.79 Å². The predicted molar refractivity (Wildman–Crippen MR) is 129 cm³/mol. The van der Waals surface area contributed by atoms with Crippen molar-refractivity contribution in [3.05, 3.63) is 70.4 Å². The molecule has 1 saturated heterocycles. The highest BCUT2D eigenvalue weighted by atomic mass is 16.2. The molecule has 5 rings (SSSR count). The number of aromatic nitrogens is 4. The number of amides is 1. The van der Waals surface area contributed by atoms with Crippen LogP contribution in [0.15, 0.2) is 36.5 Å². The van der Waals surface area contributed by atoms with E-state index in [2.05, 4.69) is 52.4 Å². The molecule has 33 heavy (non-hydrogen) atoms. The smallest absolute Gasteiger partial charge is 0.257 e. The van der Waals surface area contributed by atoms with Gasteiger partial charge in [0.15, 0.2) is 0 Å². The Bertz CT molecular complexity index is 1130. The minimum atomic E-state index is 0.0464. The summed E-state index contributed by atoms with van der Waals surface area (Å²) in [6.07, 6.45) is 6.79. The zero-order valence-electron chi connectivity index (χ0n) is 19.5. The first-order valence-electron chi connectivity index (χ1n) is 12.1. The Hall–Kier alpha value is -3.22. The van der Waals surface area contributed by atoms with Crippen LogP contribution in [0.1, 0.15) is 63.9 Å². The van der Waals surface area contributed by atoms with Gasteiger partial charge in [0.1, 0.15) is 11.6 Å². The summed E-state index contributed by atoms with van der Waals surface area (Å²) in [5.74, 6) is 2.20. The summed E-state index contributed by atoms with van der Waals surface area (Å²) >= 11 is 0. The zero-order valence-corrected chi connectivity index (χ0v) is 19.5. The van der Waals surface area contributed by atoms with E-state index in [1.807, 2.05) is 11.8 Å². The number of aryl methyl sites for hydroxylation is 2. The van der Waals surface area contributed by atoms with Crippen LogP contribution in [0.2, 0.25) is 0 Å². The van der Waals surface area contributed by atoms with E-state index >= 15 is 0 Å². The number of hydrogen-bond donors (Lipinski definition) is 1. The van der Waals surface area contributed by atoms with Gasteiger partial charge in [-0.1, -0.05) is 30.3 Å². The molecule has 172 valence electrons. The van der Waals surface area contributed by atoms with Gasteiger partial charge >= 0.3 is 0 Å². The first kappa shape index (κ1) is 21.6. The van der Waals surface area contributed by atoms with E-state index in [9.17, 15) is 4.79 Å². The van der Waals surface area contributed by atoms with E-state index in [0.29, 0.717) is 12.1 Å². The fourth-order valence-corrected chi connectivity index (χ4v) is 5.13. The lowest BCUT2D eigenvalue weighted by Gasteiger charge is -2.34. The van der Waals surface area contributed by atoms with Gasteiger partial charge in [0.2, 0.25) is 0 Å². The molecule has 2 aliphatic rings. The molecule has 0 spiro atoms. The van der Waals surface area contributed by atoms with Gasteiger partial charge in [0.05, 0.1) is 11.8 Å². The second kappa shape index (κ2) is 9.33. The highest BCUT2D eigenvalue weighted by Gasteiger charge is 2.30. The molecule has 4 heterocycles. The molecular weight excluding hydrogens is 412 g/mol. The standard InChI is InChI=1S/C26H32N6O/c1-18-22-11-7-13-31(15-12-20-8-4-3-5-9-20)25(22)29-24(28-18)21-10-6-14-32(17-21)26(33)23-16-27-30-19(23)2/h3-5,8-9,16,21H,6-7,10-15,17H2,1-2H3,(H,27,30)/t21-/m0/s1. The molecule has 2 aromatic heterocycles. The number of carbonyl (C=O) groups excluding carboxylic acids is 1. The van der Waals surface area contributed by atoms with Crippen LogP contribution in [0.4, 0.5) is 5.82 Å². The average Bonchev–Trinajstić information content (AvgIpc) is 3.28. The van der Waals surface area contributed by atoms with Gasteiger partial charge < -0.3 is 9.80 Å². The van der Waals surface area contributed by atoms with Gasteiger partial charge in [0, 0.05) is 49.0 Å². The molecule has 1 aromatic carbocycles. The number of likely N-dealkylation sites (tertiary alicyclic amines) is 1. The molecule has 1 fully saturated rings. The molecule has 7 heteroatoms. The van der Waals surface area contributed by atoms with Crippen LogP contribution in [0.3, 0.4) is 0 Å². The number of carbonyl (C=O) groups is 1. The lowest BCUT2D eigenvalue weighted by Crippen LogP contribution is -2.40. The van der Waals surface area contributed by atoms with Crippen molar-refractivity contribution in [2.24, 2.45) is 0 Å². The van der Waals surface area contributed by atoms with E-state index in [-0.39, 0.29) is 11.8 Å². The number of anilines is 1. The molecule has 1 N–H and O–H groups in total. The van der Waals surface area contributed by atoms with Crippen LogP contribution >= 0.6 is 0 Å². The number of rotatable bonds is 5. The predicted octanol–water partition coefficient (Wildman–Crippen LogP) is 3.83. The van der Waals surface area contributed by atoms with Gasteiger partial charge in [-0.15, -0.1) is 0 Å². The van der Waals surface area contributed by atoms with Gasteiger partial charge in [-0.25, -0.2) is 9.97 Å². The van der Waals surface area contributed by atoms with Crippen molar-refractivity contribution in [3.8, 4) is 0 Å². The lowest BCUT2D eigenvalue weighted by atomic mass is 9.95. The summed E-state index contributed by atoms with van der Waals surface area (Å²) in [4.78, 5) is 27.5. The van der Waals surface area contributed by atoms with Crippen molar-refractivity contribution in [3.63, 3.8) is 0 Å². The number of aromatic amines is 1. The number of hydrogen-bond acceptors (Lipinski definition) is 5. The van der Waals surface area contributed by atoms with Crippen molar-refractivity contribution >= 4 is 11.7 Å². The first-order valence-corrected chi connectivity index (χ1v) is 12.1. The molecule has 1 amide bonds. The highest BCUT2D eigenvalue weighted by Crippen LogP contribution is 2.32. The third-order valence-corrected chi connectivity index (χ3v) is 7.01. The summed E-state index contributed by atoms with van der Waals surface area (Å²) in [5, 5.41) is 6.89. The van der Waals surface area contributed by atoms with Gasteiger partial charge in [-0.05, 0) is 51.5 Å². The topological polar surface area (TPSA) is 78.0 Å². The molecule has 3 aromatic rings. The Balaban J connectivity index is 1.36. The van der Waals surface area contributed by atoms with Gasteiger partial charge in [-0.3, -0.25) is 9.89 Å². The molecule has 7 nitrogen and oxygen atoms in total. The van der Waals surface area contributed by atoms with Crippen LogP contribution in [0.5, 0.6) is 0 Å². The quantitative estimate of drug-likeness (QED) is 0.647. The lowest BCUT2D eigenvalue weighted by molar-refractivity contribution is 0.0704. The molecule has 0 aliphatic carbocycles. The number of fused-ring (bicyclic) bond motifs is 1.